The summed E-state index contributed by atoms with van der Waals surface area (Å²) < 4.78 is 5.82. The van der Waals surface area contributed by atoms with Crippen LogP contribution in [-0.4, -0.2) is 24.4 Å². The van der Waals surface area contributed by atoms with Crippen LogP contribution in [0.3, 0.4) is 0 Å². The molecule has 144 valence electrons. The summed E-state index contributed by atoms with van der Waals surface area (Å²) in [5.41, 5.74) is 3.79. The molecule has 0 amide bonds. The molecule has 0 bridgehead atoms. The Balaban J connectivity index is 1.87. The van der Waals surface area contributed by atoms with Gasteiger partial charge in [-0.05, 0) is 0 Å². The molecule has 0 aliphatic carbocycles. The summed E-state index contributed by atoms with van der Waals surface area (Å²) in [6, 6.07) is 9.91. The maximum absolute atomic E-state index is 11.2. The summed E-state index contributed by atoms with van der Waals surface area (Å²) in [7, 11) is 0. The van der Waals surface area contributed by atoms with Gasteiger partial charge >= 0.3 is 196 Å². The zero-order chi connectivity index (χ0) is 19.6. The van der Waals surface area contributed by atoms with Crippen LogP contribution in [0.5, 0.6) is 0 Å². The Morgan fingerprint density at radius 1 is 1.37 bits per heavy atom. The number of carboxylic acids is 1. The van der Waals surface area contributed by atoms with Crippen molar-refractivity contribution in [2.45, 2.75) is 19.3 Å². The van der Waals surface area contributed by atoms with E-state index in [1.54, 1.807) is 6.07 Å². The normalized spacial score (nSPS) is 16.4. The van der Waals surface area contributed by atoms with Gasteiger partial charge in [-0.3, -0.25) is 0 Å². The van der Waals surface area contributed by atoms with E-state index in [1.807, 2.05) is 12.1 Å². The van der Waals surface area contributed by atoms with Crippen LogP contribution in [0.25, 0.3) is 6.08 Å². The number of hydrogen-bond donors (Lipinski definition) is 1. The number of allylic oxidation sites excluding steroid dienone is 1. The van der Waals surface area contributed by atoms with Gasteiger partial charge in [-0.15, -0.1) is 0 Å². The summed E-state index contributed by atoms with van der Waals surface area (Å²) in [4.78, 5) is 11.2. The van der Waals surface area contributed by atoms with Gasteiger partial charge in [0, 0.05) is 0 Å². The first-order valence-electron chi connectivity index (χ1n) is 8.59. The van der Waals surface area contributed by atoms with E-state index < -0.39 is 25.8 Å². The molecule has 1 unspecified atom stereocenters. The molecule has 1 heterocycles. The molecule has 1 aliphatic heterocycles. The molecule has 0 aromatic heterocycles. The third-order valence-corrected chi connectivity index (χ3v) is 13.6. The van der Waals surface area contributed by atoms with Crippen LogP contribution in [0.1, 0.15) is 39.4 Å². The van der Waals surface area contributed by atoms with Gasteiger partial charge < -0.3 is 0 Å². The minimum absolute atomic E-state index is 0.279. The van der Waals surface area contributed by atoms with Crippen LogP contribution >= 0.6 is 69.9 Å². The number of aryl methyl sites for hydroxylation is 1. The van der Waals surface area contributed by atoms with E-state index in [0.29, 0.717) is 10.4 Å². The van der Waals surface area contributed by atoms with Crippen molar-refractivity contribution in [3.63, 3.8) is 0 Å². The number of aromatic carboxylic acids is 1. The second-order valence-electron chi connectivity index (χ2n) is 6.49. The molecule has 2 aromatic rings. The molecule has 2 aromatic carbocycles. The van der Waals surface area contributed by atoms with E-state index in [2.05, 4.69) is 69.7 Å². The molecule has 1 N–H and O–H groups in total. The monoisotopic (exact) mass is 672 g/mol. The van der Waals surface area contributed by atoms with Crippen molar-refractivity contribution >= 4 is 82.0 Å². The predicted molar refractivity (Wildman–Crippen MR) is 135 cm³/mol. The summed E-state index contributed by atoms with van der Waals surface area (Å²) in [6.45, 7) is 2.11. The Bertz CT molecular complexity index is 894. The van der Waals surface area contributed by atoms with Crippen LogP contribution in [-0.2, 0) is 0 Å². The Morgan fingerprint density at radius 2 is 2.11 bits per heavy atom. The van der Waals surface area contributed by atoms with Crippen molar-refractivity contribution in [2.75, 3.05) is 13.3 Å². The van der Waals surface area contributed by atoms with Gasteiger partial charge in [-0.2, -0.15) is 0 Å². The summed E-state index contributed by atoms with van der Waals surface area (Å²) in [5.74, 6) is -0.609. The first kappa shape index (κ1) is 21.6. The number of carboxylic acid groups (broad SMARTS) is 1. The van der Waals surface area contributed by atoms with Crippen molar-refractivity contribution < 1.29 is 9.90 Å². The number of hydrogen-bond acceptors (Lipinski definition) is 1. The summed E-state index contributed by atoms with van der Waals surface area (Å²) in [6.07, 6.45) is 5.65. The average Bonchev–Trinajstić information content (AvgIpc) is 2.57. The standard InChI is InChI=1S/C21H20BrClI2O2/c1-13-9-16(11-19(20(13)23)25-7-2-8-25)15(12-24)5-3-14-4-6-17(21(26)27)18(22)10-14/h3-6,9-11,15H,2,7-8,12H2,1H3,(H,26,27)/b5-3+. The Hall–Kier alpha value is -0.120. The number of carbonyl (C=O) groups is 1. The average molecular weight is 674 g/mol. The van der Waals surface area contributed by atoms with Gasteiger partial charge in [0.1, 0.15) is 0 Å². The third kappa shape index (κ3) is 5.08. The first-order chi connectivity index (χ1) is 12.9. The predicted octanol–water partition coefficient (Wildman–Crippen LogP) is 7.42. The van der Waals surface area contributed by atoms with Crippen molar-refractivity contribution in [3.8, 4) is 0 Å². The van der Waals surface area contributed by atoms with Crippen LogP contribution in [0.4, 0.5) is 0 Å². The summed E-state index contributed by atoms with van der Waals surface area (Å²) in [5, 5.41) is 10.1. The van der Waals surface area contributed by atoms with Gasteiger partial charge in [-0.1, -0.05) is 0 Å². The molecule has 27 heavy (non-hydrogen) atoms. The fourth-order valence-corrected chi connectivity index (χ4v) is 9.66. The zero-order valence-electron chi connectivity index (χ0n) is 14.8. The minimum atomic E-state index is -1.01. The Morgan fingerprint density at radius 3 is 2.67 bits per heavy atom. The molecule has 3 rings (SSSR count). The second kappa shape index (κ2) is 9.59. The fourth-order valence-electron chi connectivity index (χ4n) is 2.92. The van der Waals surface area contributed by atoms with Crippen LogP contribution in [0.15, 0.2) is 40.9 Å². The first-order valence-corrected chi connectivity index (χ1v) is 15.4. The third-order valence-electron chi connectivity index (χ3n) is 4.58. The van der Waals surface area contributed by atoms with Crippen LogP contribution < -0.4 is 0 Å². The molecule has 2 nitrogen and oxygen atoms in total. The van der Waals surface area contributed by atoms with E-state index in [4.69, 9.17) is 16.7 Å². The molecular formula is C21H20BrClI2O2. The quantitative estimate of drug-likeness (QED) is 0.256. The molecule has 0 saturated carbocycles. The van der Waals surface area contributed by atoms with Crippen molar-refractivity contribution in [3.05, 3.63) is 71.7 Å². The topological polar surface area (TPSA) is 37.3 Å². The SMILES string of the molecule is Cc1cc(C(/C=C/c2ccc(C(=O)O)c(Br)c2)CI)cc(I2CCC2)c1Cl. The van der Waals surface area contributed by atoms with E-state index >= 15 is 0 Å². The number of alkyl halides is 3. The summed E-state index contributed by atoms with van der Waals surface area (Å²) >= 11 is 11.4. The van der Waals surface area contributed by atoms with Crippen LogP contribution in [0, 0.1) is 10.5 Å². The molecule has 0 radical (unpaired) electrons. The van der Waals surface area contributed by atoms with E-state index in [0.717, 1.165) is 15.0 Å². The van der Waals surface area contributed by atoms with Gasteiger partial charge in [0.25, 0.3) is 0 Å². The molecular weight excluding hydrogens is 653 g/mol. The van der Waals surface area contributed by atoms with Gasteiger partial charge in [0.2, 0.25) is 0 Å². The van der Waals surface area contributed by atoms with E-state index in [9.17, 15) is 4.79 Å². The number of rotatable bonds is 6. The van der Waals surface area contributed by atoms with Gasteiger partial charge in [0.15, 0.2) is 0 Å². The van der Waals surface area contributed by atoms with Crippen molar-refractivity contribution in [2.24, 2.45) is 0 Å². The number of halogens is 4. The molecule has 1 fully saturated rings. The molecule has 0 spiro atoms. The van der Waals surface area contributed by atoms with Gasteiger partial charge in [-0.25, -0.2) is 0 Å². The van der Waals surface area contributed by atoms with Crippen molar-refractivity contribution in [1.82, 2.24) is 0 Å². The number of benzene rings is 2. The van der Waals surface area contributed by atoms with Gasteiger partial charge in [0.05, 0.1) is 0 Å². The molecule has 1 saturated heterocycles. The molecule has 1 aliphatic rings. The molecule has 1 atom stereocenters. The molecule has 6 heteroatoms. The Kier molecular flexibility index (Phi) is 7.66. The second-order valence-corrected chi connectivity index (χ2v) is 14.5. The van der Waals surface area contributed by atoms with Crippen LogP contribution in [0.2, 0.25) is 5.02 Å². The fraction of sp³-hybridized carbons (Fsp3) is 0.286. The zero-order valence-corrected chi connectivity index (χ0v) is 21.5. The van der Waals surface area contributed by atoms with Crippen molar-refractivity contribution in [1.29, 1.82) is 0 Å². The maximum atomic E-state index is 11.2. The van der Waals surface area contributed by atoms with E-state index in [-0.39, 0.29) is 5.56 Å². The van der Waals surface area contributed by atoms with E-state index in [1.165, 1.54) is 30.0 Å². The Labute approximate surface area is 194 Å².